The molecule has 198 valence electrons. The fourth-order valence-electron chi connectivity index (χ4n) is 3.49. The van der Waals surface area contributed by atoms with Crippen LogP contribution in [0.4, 0.5) is 17.6 Å². The van der Waals surface area contributed by atoms with E-state index in [0.29, 0.717) is 22.8 Å². The molecular formula is C22H21F4N5O5S. The van der Waals surface area contributed by atoms with Crippen molar-refractivity contribution in [3.63, 3.8) is 0 Å². The number of aromatic amines is 1. The summed E-state index contributed by atoms with van der Waals surface area (Å²) in [7, 11) is -3.69. The molecule has 37 heavy (non-hydrogen) atoms. The Morgan fingerprint density at radius 1 is 1.14 bits per heavy atom. The highest BCUT2D eigenvalue weighted by atomic mass is 32.2. The number of nitrogens with one attached hydrogen (secondary N) is 2. The van der Waals surface area contributed by atoms with Crippen LogP contribution in [-0.2, 0) is 30.5 Å². The number of sulfone groups is 1. The molecule has 1 fully saturated rings. The molecule has 3 aromatic rings. The number of H-pyrrole nitrogens is 1. The lowest BCUT2D eigenvalue weighted by molar-refractivity contribution is -0.200. The van der Waals surface area contributed by atoms with E-state index in [4.69, 9.17) is 9.47 Å². The third-order valence-corrected chi connectivity index (χ3v) is 6.16. The number of carbonyl (C=O) groups is 1. The molecule has 4 rings (SSSR count). The first kappa shape index (κ1) is 26.6. The molecule has 2 N–H and O–H groups in total. The molecule has 1 aliphatic heterocycles. The first-order valence-corrected chi connectivity index (χ1v) is 12.8. The number of aromatic nitrogens is 4. The van der Waals surface area contributed by atoms with E-state index in [1.807, 2.05) is 0 Å². The van der Waals surface area contributed by atoms with Crippen LogP contribution >= 0.6 is 0 Å². The van der Waals surface area contributed by atoms with Gasteiger partial charge in [-0.15, -0.1) is 0 Å². The Balaban J connectivity index is 1.51. The number of carbonyl (C=O) groups excluding carboxylic acids is 1. The summed E-state index contributed by atoms with van der Waals surface area (Å²) in [6.45, 7) is -0.170. The molecule has 1 aromatic carbocycles. The summed E-state index contributed by atoms with van der Waals surface area (Å²) in [4.78, 5) is 26.5. The van der Waals surface area contributed by atoms with E-state index in [1.54, 1.807) is 5.32 Å². The third-order valence-electron chi connectivity index (χ3n) is 5.30. The second-order valence-electron chi connectivity index (χ2n) is 8.28. The number of amides is 1. The Labute approximate surface area is 208 Å². The van der Waals surface area contributed by atoms with Crippen LogP contribution in [0.25, 0.3) is 22.6 Å². The summed E-state index contributed by atoms with van der Waals surface area (Å²) in [5, 5.41) is 1.42. The molecule has 0 atom stereocenters. The molecule has 0 saturated carbocycles. The van der Waals surface area contributed by atoms with Crippen LogP contribution in [0.3, 0.4) is 0 Å². The highest BCUT2D eigenvalue weighted by Crippen LogP contribution is 2.30. The number of imidazole rings is 1. The van der Waals surface area contributed by atoms with Crippen molar-refractivity contribution in [2.75, 3.05) is 26.0 Å². The van der Waals surface area contributed by atoms with E-state index in [-0.39, 0.29) is 37.0 Å². The summed E-state index contributed by atoms with van der Waals surface area (Å²) in [6.07, 6.45) is -3.38. The van der Waals surface area contributed by atoms with Gasteiger partial charge >= 0.3 is 12.1 Å². The molecule has 1 aliphatic rings. The zero-order chi connectivity index (χ0) is 26.8. The quantitative estimate of drug-likeness (QED) is 0.342. The fraction of sp³-hybridized carbons (Fsp3) is 0.364. The number of hydrogen-bond donors (Lipinski definition) is 2. The van der Waals surface area contributed by atoms with Gasteiger partial charge in [0.05, 0.1) is 36.7 Å². The lowest BCUT2D eigenvalue weighted by Crippen LogP contribution is -2.44. The minimum absolute atomic E-state index is 0.0464. The van der Waals surface area contributed by atoms with Crippen LogP contribution < -0.4 is 5.32 Å². The molecule has 3 heterocycles. The number of alkyl halides is 3. The number of rotatable bonds is 7. The highest BCUT2D eigenvalue weighted by molar-refractivity contribution is 7.90. The van der Waals surface area contributed by atoms with E-state index >= 15 is 0 Å². The Hall–Kier alpha value is -3.43. The number of halogens is 4. The van der Waals surface area contributed by atoms with Crippen LogP contribution in [0.1, 0.15) is 5.82 Å². The van der Waals surface area contributed by atoms with Gasteiger partial charge in [0, 0.05) is 30.5 Å². The summed E-state index contributed by atoms with van der Waals surface area (Å²) < 4.78 is 85.6. The molecule has 0 aliphatic carbocycles. The van der Waals surface area contributed by atoms with Gasteiger partial charge in [-0.2, -0.15) is 13.2 Å². The van der Waals surface area contributed by atoms with Gasteiger partial charge in [0.1, 0.15) is 11.6 Å². The largest absolute Gasteiger partial charge is 0.471 e. The van der Waals surface area contributed by atoms with Crippen LogP contribution in [0, 0.1) is 11.7 Å². The van der Waals surface area contributed by atoms with Gasteiger partial charge < -0.3 is 19.8 Å². The average Bonchev–Trinajstić information content (AvgIpc) is 3.26. The number of hydrogen-bond acceptors (Lipinski definition) is 8. The molecule has 0 radical (unpaired) electrons. The van der Waals surface area contributed by atoms with Crippen molar-refractivity contribution in [3.8, 4) is 22.6 Å². The average molecular weight is 543 g/mol. The van der Waals surface area contributed by atoms with Crippen LogP contribution in [-0.4, -0.2) is 72.7 Å². The van der Waals surface area contributed by atoms with E-state index in [0.717, 1.165) is 6.26 Å². The van der Waals surface area contributed by atoms with Crippen molar-refractivity contribution >= 4 is 15.7 Å². The van der Waals surface area contributed by atoms with Gasteiger partial charge in [-0.25, -0.2) is 27.8 Å². The summed E-state index contributed by atoms with van der Waals surface area (Å²) >= 11 is 0. The Kier molecular flexibility index (Phi) is 7.57. The standard InChI is InChI=1S/C22H21F4N5O5S/c1-37(33,34)21-27-7-6-15(29-21)19-18(13-2-4-14(23)5-3-13)30-16(31-19)8-17-35-10-12(11-36-17)9-28-20(32)22(24,25)26/h2-7,12,17H,8-11H2,1H3,(H,28,32)(H,30,31). The SMILES string of the molecule is CS(=O)(=O)c1nccc(-c2[nH]c(CC3OCC(CNC(=O)C(F)(F)F)CO3)nc2-c2ccc(F)cc2)n1. The minimum Gasteiger partial charge on any atom is -0.352 e. The van der Waals surface area contributed by atoms with Crippen molar-refractivity contribution < 1.29 is 40.2 Å². The molecular weight excluding hydrogens is 522 g/mol. The molecule has 0 bridgehead atoms. The monoisotopic (exact) mass is 543 g/mol. The number of ether oxygens (including phenoxy) is 2. The van der Waals surface area contributed by atoms with Crippen molar-refractivity contribution in [2.45, 2.75) is 24.0 Å². The van der Waals surface area contributed by atoms with E-state index in [2.05, 4.69) is 19.9 Å². The van der Waals surface area contributed by atoms with E-state index in [9.17, 15) is 30.8 Å². The zero-order valence-electron chi connectivity index (χ0n) is 19.3. The topological polar surface area (TPSA) is 136 Å². The number of benzene rings is 1. The smallest absolute Gasteiger partial charge is 0.352 e. The van der Waals surface area contributed by atoms with Gasteiger partial charge in [-0.1, -0.05) is 0 Å². The first-order chi connectivity index (χ1) is 17.4. The van der Waals surface area contributed by atoms with Crippen molar-refractivity contribution in [2.24, 2.45) is 5.92 Å². The lowest BCUT2D eigenvalue weighted by atomic mass is 10.1. The van der Waals surface area contributed by atoms with Crippen LogP contribution in [0.2, 0.25) is 0 Å². The van der Waals surface area contributed by atoms with E-state index < -0.39 is 39.9 Å². The van der Waals surface area contributed by atoms with Gasteiger partial charge in [0.2, 0.25) is 15.0 Å². The third kappa shape index (κ3) is 6.67. The van der Waals surface area contributed by atoms with Crippen molar-refractivity contribution in [1.29, 1.82) is 0 Å². The maximum atomic E-state index is 13.5. The summed E-state index contributed by atoms with van der Waals surface area (Å²) in [5.74, 6) is -2.58. The van der Waals surface area contributed by atoms with Gasteiger partial charge in [0.15, 0.2) is 6.29 Å². The molecule has 2 aromatic heterocycles. The maximum absolute atomic E-state index is 13.5. The molecule has 10 nitrogen and oxygen atoms in total. The predicted molar refractivity (Wildman–Crippen MR) is 120 cm³/mol. The van der Waals surface area contributed by atoms with E-state index in [1.165, 1.54) is 36.5 Å². The molecule has 1 saturated heterocycles. The van der Waals surface area contributed by atoms with Crippen molar-refractivity contribution in [1.82, 2.24) is 25.3 Å². The van der Waals surface area contributed by atoms with Crippen molar-refractivity contribution in [3.05, 3.63) is 48.2 Å². The Morgan fingerprint density at radius 2 is 1.81 bits per heavy atom. The highest BCUT2D eigenvalue weighted by Gasteiger charge is 2.39. The van der Waals surface area contributed by atoms with Gasteiger partial charge in [-0.05, 0) is 30.3 Å². The second-order valence-corrected chi connectivity index (χ2v) is 10.2. The normalized spacial score (nSPS) is 18.5. The van der Waals surface area contributed by atoms with Gasteiger partial charge in [0.25, 0.3) is 0 Å². The second kappa shape index (κ2) is 10.5. The Bertz CT molecular complexity index is 1370. The molecule has 0 spiro atoms. The molecule has 1 amide bonds. The zero-order valence-corrected chi connectivity index (χ0v) is 20.1. The fourth-order valence-corrected chi connectivity index (χ4v) is 4.01. The van der Waals surface area contributed by atoms with Gasteiger partial charge in [-0.3, -0.25) is 4.79 Å². The Morgan fingerprint density at radius 3 is 2.43 bits per heavy atom. The van der Waals surface area contributed by atoms with Crippen LogP contribution in [0.15, 0.2) is 41.7 Å². The predicted octanol–water partition coefficient (Wildman–Crippen LogP) is 2.29. The summed E-state index contributed by atoms with van der Waals surface area (Å²) in [6, 6.07) is 7.00. The molecule has 15 heteroatoms. The minimum atomic E-state index is -4.97. The first-order valence-electron chi connectivity index (χ1n) is 10.9. The maximum Gasteiger partial charge on any atom is 0.471 e. The molecule has 0 unspecified atom stereocenters. The lowest BCUT2D eigenvalue weighted by Gasteiger charge is -2.29. The van der Waals surface area contributed by atoms with Crippen LogP contribution in [0.5, 0.6) is 0 Å². The number of nitrogens with zero attached hydrogens (tertiary/aromatic N) is 3. The summed E-state index contributed by atoms with van der Waals surface area (Å²) in [5.41, 5.74) is 1.50.